The molecule has 0 spiro atoms. The molecule has 1 atom stereocenters. The molecule has 0 radical (unpaired) electrons. The van der Waals surface area contributed by atoms with E-state index in [2.05, 4.69) is 39.3 Å². The first-order valence-corrected chi connectivity index (χ1v) is 7.78. The van der Waals surface area contributed by atoms with E-state index in [0.29, 0.717) is 0 Å². The van der Waals surface area contributed by atoms with E-state index in [1.54, 1.807) is 0 Å². The van der Waals surface area contributed by atoms with Gasteiger partial charge in [0.1, 0.15) is 0 Å². The summed E-state index contributed by atoms with van der Waals surface area (Å²) in [5.74, 6) is 2.65. The van der Waals surface area contributed by atoms with Crippen molar-refractivity contribution in [2.75, 3.05) is 43.4 Å². The first-order chi connectivity index (χ1) is 9.29. The van der Waals surface area contributed by atoms with Crippen molar-refractivity contribution in [1.82, 2.24) is 14.9 Å². The van der Waals surface area contributed by atoms with Gasteiger partial charge in [0.15, 0.2) is 0 Å². The number of nitrogens with zero attached hydrogens (tertiary/aromatic N) is 4. The predicted molar refractivity (Wildman–Crippen MR) is 82.9 cm³/mol. The second kappa shape index (κ2) is 7.70. The lowest BCUT2D eigenvalue weighted by atomic mass is 10.0. The largest absolute Gasteiger partial charge is 0.338 e. The highest BCUT2D eigenvalue weighted by molar-refractivity contribution is 7.80. The zero-order valence-electron chi connectivity index (χ0n) is 11.7. The standard InChI is InChI=1S/C14H24N4S/c1-13(4-12-19)3-7-17-8-10-18(11-9-17)14-15-5-2-6-16-14/h2,5-6,13,19H,3-4,7-12H2,1H3. The number of anilines is 1. The van der Waals surface area contributed by atoms with Gasteiger partial charge in [0.2, 0.25) is 5.95 Å². The molecule has 1 aromatic rings. The topological polar surface area (TPSA) is 32.3 Å². The Labute approximate surface area is 121 Å². The van der Waals surface area contributed by atoms with Crippen LogP contribution in [0.15, 0.2) is 18.5 Å². The molecular formula is C14H24N4S. The summed E-state index contributed by atoms with van der Waals surface area (Å²) in [6, 6.07) is 1.86. The normalized spacial score (nSPS) is 18.5. The van der Waals surface area contributed by atoms with Gasteiger partial charge < -0.3 is 4.90 Å². The van der Waals surface area contributed by atoms with Crippen LogP contribution in [0.5, 0.6) is 0 Å². The molecule has 0 aliphatic carbocycles. The zero-order valence-corrected chi connectivity index (χ0v) is 12.6. The lowest BCUT2D eigenvalue weighted by molar-refractivity contribution is 0.239. The summed E-state index contributed by atoms with van der Waals surface area (Å²) in [5.41, 5.74) is 0. The molecule has 0 saturated carbocycles. The quantitative estimate of drug-likeness (QED) is 0.807. The van der Waals surface area contributed by atoms with Crippen molar-refractivity contribution in [2.45, 2.75) is 19.8 Å². The molecule has 106 valence electrons. The molecule has 1 fully saturated rings. The molecule has 0 bridgehead atoms. The average Bonchev–Trinajstić information content (AvgIpc) is 2.47. The van der Waals surface area contributed by atoms with Crippen molar-refractivity contribution in [2.24, 2.45) is 5.92 Å². The van der Waals surface area contributed by atoms with Crippen LogP contribution >= 0.6 is 12.6 Å². The number of hydrogen-bond acceptors (Lipinski definition) is 5. The number of aromatic nitrogens is 2. The van der Waals surface area contributed by atoms with Gasteiger partial charge in [-0.15, -0.1) is 0 Å². The lowest BCUT2D eigenvalue weighted by Crippen LogP contribution is -2.47. The Kier molecular flexibility index (Phi) is 5.92. The van der Waals surface area contributed by atoms with E-state index in [4.69, 9.17) is 0 Å². The van der Waals surface area contributed by atoms with Crippen LogP contribution in [0.25, 0.3) is 0 Å². The van der Waals surface area contributed by atoms with Crippen molar-refractivity contribution in [3.05, 3.63) is 18.5 Å². The fourth-order valence-electron chi connectivity index (χ4n) is 2.39. The number of rotatable bonds is 6. The number of thiol groups is 1. The maximum atomic E-state index is 4.31. The minimum absolute atomic E-state index is 0.785. The summed E-state index contributed by atoms with van der Waals surface area (Å²) in [4.78, 5) is 13.4. The van der Waals surface area contributed by atoms with Crippen LogP contribution < -0.4 is 4.90 Å². The molecule has 2 heterocycles. The molecule has 1 aliphatic rings. The third kappa shape index (κ3) is 4.66. The van der Waals surface area contributed by atoms with Gasteiger partial charge in [0, 0.05) is 38.6 Å². The van der Waals surface area contributed by atoms with Crippen LogP contribution in [-0.4, -0.2) is 53.3 Å². The van der Waals surface area contributed by atoms with E-state index >= 15 is 0 Å². The highest BCUT2D eigenvalue weighted by Gasteiger charge is 2.18. The van der Waals surface area contributed by atoms with Gasteiger partial charge in [-0.05, 0) is 37.1 Å². The Bertz CT molecular complexity index is 352. The molecule has 1 aliphatic heterocycles. The number of hydrogen-bond donors (Lipinski definition) is 1. The van der Waals surface area contributed by atoms with E-state index in [0.717, 1.165) is 43.8 Å². The van der Waals surface area contributed by atoms with Crippen molar-refractivity contribution in [3.8, 4) is 0 Å². The Morgan fingerprint density at radius 2 is 1.84 bits per heavy atom. The van der Waals surface area contributed by atoms with Crippen LogP contribution in [0, 0.1) is 5.92 Å². The van der Waals surface area contributed by atoms with Gasteiger partial charge in [0.05, 0.1) is 0 Å². The molecule has 19 heavy (non-hydrogen) atoms. The molecule has 5 heteroatoms. The van der Waals surface area contributed by atoms with Gasteiger partial charge in [-0.25, -0.2) is 9.97 Å². The third-order valence-electron chi connectivity index (χ3n) is 3.77. The molecule has 0 N–H and O–H groups in total. The first kappa shape index (κ1) is 14.6. The first-order valence-electron chi connectivity index (χ1n) is 7.15. The summed E-state index contributed by atoms with van der Waals surface area (Å²) in [6.45, 7) is 7.83. The lowest BCUT2D eigenvalue weighted by Gasteiger charge is -2.35. The zero-order chi connectivity index (χ0) is 13.5. The van der Waals surface area contributed by atoms with Crippen LogP contribution in [0.2, 0.25) is 0 Å². The highest BCUT2D eigenvalue weighted by Crippen LogP contribution is 2.13. The maximum absolute atomic E-state index is 4.31. The Morgan fingerprint density at radius 3 is 2.47 bits per heavy atom. The van der Waals surface area contributed by atoms with E-state index < -0.39 is 0 Å². The number of piperazine rings is 1. The molecule has 4 nitrogen and oxygen atoms in total. The van der Waals surface area contributed by atoms with Crippen LogP contribution in [-0.2, 0) is 0 Å². The monoisotopic (exact) mass is 280 g/mol. The van der Waals surface area contributed by atoms with E-state index in [1.165, 1.54) is 19.4 Å². The molecule has 1 saturated heterocycles. The summed E-state index contributed by atoms with van der Waals surface area (Å²) in [6.07, 6.45) is 6.13. The van der Waals surface area contributed by atoms with Crippen LogP contribution in [0.3, 0.4) is 0 Å². The second-order valence-electron chi connectivity index (χ2n) is 5.28. The summed E-state index contributed by atoms with van der Waals surface area (Å²) < 4.78 is 0. The fourth-order valence-corrected chi connectivity index (χ4v) is 2.83. The van der Waals surface area contributed by atoms with Gasteiger partial charge >= 0.3 is 0 Å². The highest BCUT2D eigenvalue weighted by atomic mass is 32.1. The summed E-state index contributed by atoms with van der Waals surface area (Å²) in [5, 5.41) is 0. The van der Waals surface area contributed by atoms with E-state index in [1.807, 2.05) is 18.5 Å². The van der Waals surface area contributed by atoms with Crippen molar-refractivity contribution >= 4 is 18.6 Å². The summed E-state index contributed by atoms with van der Waals surface area (Å²) in [7, 11) is 0. The minimum atomic E-state index is 0.785. The summed E-state index contributed by atoms with van der Waals surface area (Å²) >= 11 is 4.30. The Hall–Kier alpha value is -0.810. The van der Waals surface area contributed by atoms with Gasteiger partial charge in [0.25, 0.3) is 0 Å². The van der Waals surface area contributed by atoms with Crippen molar-refractivity contribution < 1.29 is 0 Å². The van der Waals surface area contributed by atoms with Crippen molar-refractivity contribution in [1.29, 1.82) is 0 Å². The molecule has 1 unspecified atom stereocenters. The van der Waals surface area contributed by atoms with Crippen LogP contribution in [0.1, 0.15) is 19.8 Å². The van der Waals surface area contributed by atoms with Crippen LogP contribution in [0.4, 0.5) is 5.95 Å². The average molecular weight is 280 g/mol. The Morgan fingerprint density at radius 1 is 1.16 bits per heavy atom. The van der Waals surface area contributed by atoms with Gasteiger partial charge in [-0.1, -0.05) is 6.92 Å². The second-order valence-corrected chi connectivity index (χ2v) is 5.73. The van der Waals surface area contributed by atoms with E-state index in [-0.39, 0.29) is 0 Å². The Balaban J connectivity index is 1.71. The van der Waals surface area contributed by atoms with Gasteiger partial charge in [-0.3, -0.25) is 4.90 Å². The minimum Gasteiger partial charge on any atom is -0.338 e. The molecule has 1 aromatic heterocycles. The van der Waals surface area contributed by atoms with Crippen molar-refractivity contribution in [3.63, 3.8) is 0 Å². The molecule has 2 rings (SSSR count). The SMILES string of the molecule is CC(CCS)CCN1CCN(c2ncccn2)CC1. The maximum Gasteiger partial charge on any atom is 0.225 e. The predicted octanol–water partition coefficient (Wildman–Crippen LogP) is 1.94. The van der Waals surface area contributed by atoms with E-state index in [9.17, 15) is 0 Å². The fraction of sp³-hybridized carbons (Fsp3) is 0.714. The molecular weight excluding hydrogens is 256 g/mol. The van der Waals surface area contributed by atoms with Gasteiger partial charge in [-0.2, -0.15) is 12.6 Å². The third-order valence-corrected chi connectivity index (χ3v) is 4.03. The molecule has 0 aromatic carbocycles. The molecule has 0 amide bonds. The smallest absolute Gasteiger partial charge is 0.225 e.